The van der Waals surface area contributed by atoms with E-state index in [0.717, 1.165) is 6.54 Å². The Hall–Kier alpha value is 0.210. The maximum absolute atomic E-state index is 9.09. The van der Waals surface area contributed by atoms with E-state index in [4.69, 9.17) is 5.11 Å². The number of hydrogen-bond donors (Lipinski definition) is 1. The van der Waals surface area contributed by atoms with Crippen LogP contribution >= 0.6 is 12.4 Å². The van der Waals surface area contributed by atoms with Crippen molar-refractivity contribution in [1.29, 1.82) is 0 Å². The van der Waals surface area contributed by atoms with E-state index in [2.05, 4.69) is 4.90 Å². The molecule has 0 unspecified atom stereocenters. The summed E-state index contributed by atoms with van der Waals surface area (Å²) in [6, 6.07) is 0. The molecule has 1 N–H and O–H groups in total. The molecule has 2 aliphatic rings. The van der Waals surface area contributed by atoms with Gasteiger partial charge in [0.25, 0.3) is 0 Å². The molecule has 0 aromatic heterocycles. The van der Waals surface area contributed by atoms with Gasteiger partial charge < -0.3 is 10.0 Å². The third-order valence-corrected chi connectivity index (χ3v) is 3.05. The molecule has 2 nitrogen and oxygen atoms in total. The molecule has 3 heteroatoms. The van der Waals surface area contributed by atoms with Gasteiger partial charge in [-0.25, -0.2) is 0 Å². The fraction of sp³-hybridized carbons (Fsp3) is 1.00. The lowest BCUT2D eigenvalue weighted by molar-refractivity contribution is 0.164. The summed E-state index contributed by atoms with van der Waals surface area (Å²) in [6.45, 7) is 4.09. The first kappa shape index (κ1) is 10.3. The van der Waals surface area contributed by atoms with Crippen LogP contribution in [-0.2, 0) is 0 Å². The van der Waals surface area contributed by atoms with Gasteiger partial charge in [0.15, 0.2) is 0 Å². The van der Waals surface area contributed by atoms with E-state index in [1.54, 1.807) is 0 Å². The second kappa shape index (κ2) is 3.95. The van der Waals surface area contributed by atoms with Crippen LogP contribution < -0.4 is 0 Å². The summed E-state index contributed by atoms with van der Waals surface area (Å²) < 4.78 is 0. The third kappa shape index (κ3) is 2.12. The standard InChI is InChI=1S/C9H17NO.ClH/c11-8-9(3-4-9)7-10-5-1-2-6-10;/h11H,1-8H2;1H. The van der Waals surface area contributed by atoms with E-state index in [9.17, 15) is 0 Å². The molecule has 1 saturated carbocycles. The fourth-order valence-electron chi connectivity index (χ4n) is 1.96. The minimum absolute atomic E-state index is 0. The Labute approximate surface area is 80.4 Å². The van der Waals surface area contributed by atoms with E-state index >= 15 is 0 Å². The monoisotopic (exact) mass is 191 g/mol. The topological polar surface area (TPSA) is 23.5 Å². The van der Waals surface area contributed by atoms with Crippen LogP contribution in [0.4, 0.5) is 0 Å². The molecule has 12 heavy (non-hydrogen) atoms. The summed E-state index contributed by atoms with van der Waals surface area (Å²) in [6.07, 6.45) is 5.23. The highest BCUT2D eigenvalue weighted by Gasteiger charge is 2.43. The Kier molecular flexibility index (Phi) is 3.38. The minimum atomic E-state index is 0. The first-order valence-electron chi connectivity index (χ1n) is 4.68. The van der Waals surface area contributed by atoms with Crippen molar-refractivity contribution in [3.05, 3.63) is 0 Å². The number of likely N-dealkylation sites (tertiary alicyclic amines) is 1. The highest BCUT2D eigenvalue weighted by Crippen LogP contribution is 2.45. The van der Waals surface area contributed by atoms with Crippen LogP contribution in [0.3, 0.4) is 0 Å². The van der Waals surface area contributed by atoms with Crippen LogP contribution in [0, 0.1) is 5.41 Å². The average Bonchev–Trinajstić information content (AvgIpc) is 2.59. The van der Waals surface area contributed by atoms with Gasteiger partial charge in [-0.3, -0.25) is 0 Å². The molecule has 1 aliphatic heterocycles. The Morgan fingerprint density at radius 3 is 2.17 bits per heavy atom. The molecule has 1 saturated heterocycles. The number of aliphatic hydroxyl groups excluding tert-OH is 1. The molecule has 0 atom stereocenters. The molecule has 0 spiro atoms. The molecule has 0 bridgehead atoms. The molecular weight excluding hydrogens is 174 g/mol. The second-order valence-corrected chi connectivity index (χ2v) is 4.14. The Bertz CT molecular complexity index is 141. The van der Waals surface area contributed by atoms with Crippen molar-refractivity contribution >= 4 is 12.4 Å². The first-order chi connectivity index (χ1) is 5.35. The van der Waals surface area contributed by atoms with Crippen LogP contribution in [0.5, 0.6) is 0 Å². The fourth-order valence-corrected chi connectivity index (χ4v) is 1.96. The molecule has 2 rings (SSSR count). The van der Waals surface area contributed by atoms with Gasteiger partial charge in [-0.05, 0) is 38.8 Å². The van der Waals surface area contributed by atoms with Crippen LogP contribution in [-0.4, -0.2) is 36.2 Å². The van der Waals surface area contributed by atoms with Gasteiger partial charge >= 0.3 is 0 Å². The second-order valence-electron chi connectivity index (χ2n) is 4.14. The average molecular weight is 192 g/mol. The Morgan fingerprint density at radius 2 is 1.75 bits per heavy atom. The zero-order valence-corrected chi connectivity index (χ0v) is 8.28. The summed E-state index contributed by atoms with van der Waals surface area (Å²) in [7, 11) is 0. The smallest absolute Gasteiger partial charge is 0.0499 e. The van der Waals surface area contributed by atoms with Crippen LogP contribution in [0.2, 0.25) is 0 Å². The van der Waals surface area contributed by atoms with Crippen molar-refractivity contribution in [1.82, 2.24) is 4.90 Å². The Balaban J connectivity index is 0.000000720. The third-order valence-electron chi connectivity index (χ3n) is 3.05. The van der Waals surface area contributed by atoms with Crippen molar-refractivity contribution in [2.45, 2.75) is 25.7 Å². The number of halogens is 1. The first-order valence-corrected chi connectivity index (χ1v) is 4.68. The molecule has 1 heterocycles. The van der Waals surface area contributed by atoms with E-state index < -0.39 is 0 Å². The quantitative estimate of drug-likeness (QED) is 0.727. The minimum Gasteiger partial charge on any atom is -0.396 e. The van der Waals surface area contributed by atoms with Crippen LogP contribution in [0.25, 0.3) is 0 Å². The molecule has 0 aromatic rings. The van der Waals surface area contributed by atoms with Crippen LogP contribution in [0.1, 0.15) is 25.7 Å². The summed E-state index contributed by atoms with van der Waals surface area (Å²) in [5.41, 5.74) is 0.338. The molecule has 72 valence electrons. The molecule has 0 aromatic carbocycles. The predicted octanol–water partition coefficient (Wildman–Crippen LogP) is 1.28. The zero-order valence-electron chi connectivity index (χ0n) is 7.46. The van der Waals surface area contributed by atoms with E-state index in [-0.39, 0.29) is 12.4 Å². The number of rotatable bonds is 3. The van der Waals surface area contributed by atoms with E-state index in [1.807, 2.05) is 0 Å². The van der Waals surface area contributed by atoms with Crippen molar-refractivity contribution in [3.63, 3.8) is 0 Å². The summed E-state index contributed by atoms with van der Waals surface area (Å²) >= 11 is 0. The number of hydrogen-bond acceptors (Lipinski definition) is 2. The lowest BCUT2D eigenvalue weighted by Gasteiger charge is -2.20. The van der Waals surface area contributed by atoms with E-state index in [0.29, 0.717) is 12.0 Å². The normalized spacial score (nSPS) is 26.8. The van der Waals surface area contributed by atoms with Gasteiger partial charge in [0, 0.05) is 18.6 Å². The Morgan fingerprint density at radius 1 is 1.17 bits per heavy atom. The molecular formula is C9H18ClNO. The summed E-state index contributed by atoms with van der Waals surface area (Å²) in [5.74, 6) is 0. The maximum atomic E-state index is 9.09. The van der Waals surface area contributed by atoms with Gasteiger partial charge in [-0.15, -0.1) is 12.4 Å². The lowest BCUT2D eigenvalue weighted by Crippen LogP contribution is -2.29. The SMILES string of the molecule is Cl.OCC1(CN2CCCC2)CC1. The summed E-state index contributed by atoms with van der Waals surface area (Å²) in [5, 5.41) is 9.09. The van der Waals surface area contributed by atoms with E-state index in [1.165, 1.54) is 38.8 Å². The van der Waals surface area contributed by atoms with Gasteiger partial charge in [0.05, 0.1) is 0 Å². The summed E-state index contributed by atoms with van der Waals surface area (Å²) in [4.78, 5) is 2.50. The molecule has 2 fully saturated rings. The molecule has 0 amide bonds. The highest BCUT2D eigenvalue weighted by atomic mass is 35.5. The van der Waals surface area contributed by atoms with Crippen molar-refractivity contribution in [3.8, 4) is 0 Å². The number of nitrogens with zero attached hydrogens (tertiary/aromatic N) is 1. The number of aliphatic hydroxyl groups is 1. The molecule has 1 aliphatic carbocycles. The van der Waals surface area contributed by atoms with Gasteiger partial charge in [0.2, 0.25) is 0 Å². The van der Waals surface area contributed by atoms with Crippen molar-refractivity contribution in [2.24, 2.45) is 5.41 Å². The van der Waals surface area contributed by atoms with Gasteiger partial charge in [-0.1, -0.05) is 0 Å². The molecule has 0 radical (unpaired) electrons. The van der Waals surface area contributed by atoms with Gasteiger partial charge in [-0.2, -0.15) is 0 Å². The lowest BCUT2D eigenvalue weighted by atomic mass is 10.1. The zero-order chi connectivity index (χ0) is 7.73. The highest BCUT2D eigenvalue weighted by molar-refractivity contribution is 5.85. The maximum Gasteiger partial charge on any atom is 0.0499 e. The van der Waals surface area contributed by atoms with Crippen molar-refractivity contribution < 1.29 is 5.11 Å². The largest absolute Gasteiger partial charge is 0.396 e. The van der Waals surface area contributed by atoms with Gasteiger partial charge in [0.1, 0.15) is 0 Å². The van der Waals surface area contributed by atoms with Crippen molar-refractivity contribution in [2.75, 3.05) is 26.2 Å². The van der Waals surface area contributed by atoms with Crippen LogP contribution in [0.15, 0.2) is 0 Å². The predicted molar refractivity (Wildman–Crippen MR) is 51.7 cm³/mol.